The second kappa shape index (κ2) is 4.48. The Morgan fingerprint density at radius 1 is 1.33 bits per heavy atom. The van der Waals surface area contributed by atoms with Gasteiger partial charge in [0.1, 0.15) is 10.7 Å². The van der Waals surface area contributed by atoms with Gasteiger partial charge in [-0.3, -0.25) is 9.69 Å². The van der Waals surface area contributed by atoms with Gasteiger partial charge in [0.2, 0.25) is 0 Å². The summed E-state index contributed by atoms with van der Waals surface area (Å²) in [5.74, 6) is 0.802. The van der Waals surface area contributed by atoms with Crippen LogP contribution in [0.4, 0.5) is 0 Å². The molecule has 0 saturated carbocycles. The van der Waals surface area contributed by atoms with Crippen LogP contribution >= 0.6 is 11.3 Å². The third-order valence-electron chi connectivity index (χ3n) is 3.66. The number of hydrogen-bond acceptors (Lipinski definition) is 4. The first kappa shape index (κ1) is 11.9. The van der Waals surface area contributed by atoms with E-state index in [0.29, 0.717) is 0 Å². The average molecular weight is 263 g/mol. The highest BCUT2D eigenvalue weighted by Gasteiger charge is 2.15. The third kappa shape index (κ3) is 1.97. The van der Waals surface area contributed by atoms with Gasteiger partial charge in [0, 0.05) is 4.88 Å². The van der Waals surface area contributed by atoms with Crippen molar-refractivity contribution in [1.29, 1.82) is 0 Å². The number of aryl methyl sites for hydroxylation is 2. The first-order valence-corrected chi connectivity index (χ1v) is 7.18. The molecule has 0 amide bonds. The predicted molar refractivity (Wildman–Crippen MR) is 74.2 cm³/mol. The summed E-state index contributed by atoms with van der Waals surface area (Å²) < 4.78 is 0. The summed E-state index contributed by atoms with van der Waals surface area (Å²) in [5, 5.41) is 0.766. The molecule has 1 N–H and O–H groups in total. The van der Waals surface area contributed by atoms with Crippen LogP contribution in [0.15, 0.2) is 4.79 Å². The monoisotopic (exact) mass is 263 g/mol. The van der Waals surface area contributed by atoms with Crippen molar-refractivity contribution in [1.82, 2.24) is 14.9 Å². The number of rotatable bonds is 2. The maximum absolute atomic E-state index is 12.1. The van der Waals surface area contributed by atoms with Gasteiger partial charge in [-0.15, -0.1) is 11.3 Å². The summed E-state index contributed by atoms with van der Waals surface area (Å²) in [6.07, 6.45) is 2.51. The maximum atomic E-state index is 12.1. The third-order valence-corrected chi connectivity index (χ3v) is 4.76. The first-order chi connectivity index (χ1) is 8.65. The zero-order valence-corrected chi connectivity index (χ0v) is 11.6. The summed E-state index contributed by atoms with van der Waals surface area (Å²) in [5.41, 5.74) is 1.08. The molecule has 2 aromatic rings. The molecular formula is C13H17N3OS. The number of likely N-dealkylation sites (tertiary alicyclic amines) is 1. The lowest BCUT2D eigenvalue weighted by Gasteiger charge is -2.13. The largest absolute Gasteiger partial charge is 0.309 e. The Morgan fingerprint density at radius 3 is 2.78 bits per heavy atom. The van der Waals surface area contributed by atoms with Crippen molar-refractivity contribution in [3.63, 3.8) is 0 Å². The van der Waals surface area contributed by atoms with E-state index in [2.05, 4.69) is 14.9 Å². The van der Waals surface area contributed by atoms with E-state index >= 15 is 0 Å². The topological polar surface area (TPSA) is 49.0 Å². The van der Waals surface area contributed by atoms with Gasteiger partial charge in [0.05, 0.1) is 11.9 Å². The van der Waals surface area contributed by atoms with E-state index in [0.717, 1.165) is 41.2 Å². The molecule has 3 heterocycles. The van der Waals surface area contributed by atoms with Gasteiger partial charge in [0.15, 0.2) is 0 Å². The fourth-order valence-corrected chi connectivity index (χ4v) is 3.58. The number of nitrogens with zero attached hydrogens (tertiary/aromatic N) is 2. The summed E-state index contributed by atoms with van der Waals surface area (Å²) in [6.45, 7) is 7.03. The number of fused-ring (bicyclic) bond motifs is 1. The molecule has 0 bridgehead atoms. The highest BCUT2D eigenvalue weighted by molar-refractivity contribution is 7.18. The van der Waals surface area contributed by atoms with E-state index in [-0.39, 0.29) is 5.56 Å². The van der Waals surface area contributed by atoms with Crippen molar-refractivity contribution in [2.45, 2.75) is 33.2 Å². The van der Waals surface area contributed by atoms with E-state index in [1.165, 1.54) is 17.7 Å². The van der Waals surface area contributed by atoms with E-state index in [1.54, 1.807) is 11.3 Å². The molecule has 0 atom stereocenters. The molecule has 96 valence electrons. The molecule has 1 saturated heterocycles. The maximum Gasteiger partial charge on any atom is 0.259 e. The smallest absolute Gasteiger partial charge is 0.259 e. The Bertz CT molecular complexity index is 637. The van der Waals surface area contributed by atoms with Crippen molar-refractivity contribution < 1.29 is 0 Å². The summed E-state index contributed by atoms with van der Waals surface area (Å²) >= 11 is 1.62. The summed E-state index contributed by atoms with van der Waals surface area (Å²) in [6, 6.07) is 0. The van der Waals surface area contributed by atoms with Gasteiger partial charge >= 0.3 is 0 Å². The predicted octanol–water partition coefficient (Wildman–Crippen LogP) is 2.20. The van der Waals surface area contributed by atoms with Gasteiger partial charge in [0.25, 0.3) is 5.56 Å². The molecular weight excluding hydrogens is 246 g/mol. The van der Waals surface area contributed by atoms with Gasteiger partial charge in [-0.05, 0) is 45.3 Å². The number of nitrogens with one attached hydrogen (secondary N) is 1. The number of hydrogen-bond donors (Lipinski definition) is 1. The second-order valence-corrected chi connectivity index (χ2v) is 6.16. The lowest BCUT2D eigenvalue weighted by Crippen LogP contribution is -2.22. The highest BCUT2D eigenvalue weighted by Crippen LogP contribution is 2.25. The number of aromatic nitrogens is 2. The number of aromatic amines is 1. The first-order valence-electron chi connectivity index (χ1n) is 6.36. The molecule has 1 fully saturated rings. The Kier molecular flexibility index (Phi) is 2.95. The zero-order chi connectivity index (χ0) is 12.7. The van der Waals surface area contributed by atoms with Crippen LogP contribution in [0, 0.1) is 13.8 Å². The van der Waals surface area contributed by atoms with Crippen molar-refractivity contribution in [3.05, 3.63) is 26.6 Å². The van der Waals surface area contributed by atoms with Crippen LogP contribution in [0.2, 0.25) is 0 Å². The highest BCUT2D eigenvalue weighted by atomic mass is 32.1. The fourth-order valence-electron chi connectivity index (χ4n) is 2.53. The normalized spacial score (nSPS) is 16.8. The summed E-state index contributed by atoms with van der Waals surface area (Å²) in [7, 11) is 0. The Balaban J connectivity index is 2.01. The fraction of sp³-hybridized carbons (Fsp3) is 0.538. The standard InChI is InChI=1S/C13H17N3OS/c1-8-9(2)18-13-11(8)12(17)14-10(15-13)7-16-5-3-4-6-16/h3-7H2,1-2H3,(H,14,15,17). The van der Waals surface area contributed by atoms with E-state index in [4.69, 9.17) is 0 Å². The molecule has 4 nitrogen and oxygen atoms in total. The van der Waals surface area contributed by atoms with Crippen LogP contribution in [0.25, 0.3) is 10.2 Å². The van der Waals surface area contributed by atoms with Crippen LogP contribution < -0.4 is 5.56 Å². The van der Waals surface area contributed by atoms with Crippen LogP contribution in [-0.4, -0.2) is 28.0 Å². The molecule has 5 heteroatoms. The van der Waals surface area contributed by atoms with E-state index in [9.17, 15) is 4.79 Å². The van der Waals surface area contributed by atoms with Gasteiger partial charge in [-0.1, -0.05) is 0 Å². The molecule has 0 aromatic carbocycles. The van der Waals surface area contributed by atoms with Gasteiger partial charge < -0.3 is 4.98 Å². The molecule has 3 rings (SSSR count). The molecule has 18 heavy (non-hydrogen) atoms. The van der Waals surface area contributed by atoms with Gasteiger partial charge in [-0.2, -0.15) is 0 Å². The minimum absolute atomic E-state index is 0.0102. The quantitative estimate of drug-likeness (QED) is 0.903. The Labute approximate surface area is 110 Å². The molecule has 0 radical (unpaired) electrons. The van der Waals surface area contributed by atoms with Crippen LogP contribution in [0.3, 0.4) is 0 Å². The van der Waals surface area contributed by atoms with E-state index < -0.39 is 0 Å². The molecule has 0 aliphatic carbocycles. The van der Waals surface area contributed by atoms with Crippen LogP contribution in [0.5, 0.6) is 0 Å². The second-order valence-electron chi connectivity index (χ2n) is 4.96. The lowest BCUT2D eigenvalue weighted by atomic mass is 10.2. The van der Waals surface area contributed by atoms with Crippen molar-refractivity contribution in [2.75, 3.05) is 13.1 Å². The Morgan fingerprint density at radius 2 is 2.06 bits per heavy atom. The molecule has 0 unspecified atom stereocenters. The van der Waals surface area contributed by atoms with Crippen molar-refractivity contribution >= 4 is 21.6 Å². The van der Waals surface area contributed by atoms with E-state index in [1.807, 2.05) is 13.8 Å². The van der Waals surface area contributed by atoms with Crippen LogP contribution in [-0.2, 0) is 6.54 Å². The average Bonchev–Trinajstić information content (AvgIpc) is 2.89. The SMILES string of the molecule is Cc1sc2nc(CN3CCCC3)[nH]c(=O)c2c1C. The minimum Gasteiger partial charge on any atom is -0.309 e. The van der Waals surface area contributed by atoms with Gasteiger partial charge in [-0.25, -0.2) is 4.98 Å². The zero-order valence-electron chi connectivity index (χ0n) is 10.7. The molecule has 1 aliphatic heterocycles. The number of H-pyrrole nitrogens is 1. The lowest BCUT2D eigenvalue weighted by molar-refractivity contribution is 0.322. The van der Waals surface area contributed by atoms with Crippen molar-refractivity contribution in [2.24, 2.45) is 0 Å². The summed E-state index contributed by atoms with van der Waals surface area (Å²) in [4.78, 5) is 24.0. The number of thiophene rings is 1. The Hall–Kier alpha value is -1.20. The van der Waals surface area contributed by atoms with Crippen LogP contribution in [0.1, 0.15) is 29.1 Å². The van der Waals surface area contributed by atoms with Crippen molar-refractivity contribution in [3.8, 4) is 0 Å². The molecule has 0 spiro atoms. The molecule has 1 aliphatic rings. The molecule has 2 aromatic heterocycles. The minimum atomic E-state index is 0.0102.